The molecular formula is C12H18N2O. The minimum atomic E-state index is -0.625. The van der Waals surface area contributed by atoms with Crippen molar-refractivity contribution in [3.63, 3.8) is 0 Å². The minimum Gasteiger partial charge on any atom is -0.341 e. The highest BCUT2D eigenvalue weighted by atomic mass is 16.2. The fraction of sp³-hybridized carbons (Fsp3) is 0.833. The van der Waals surface area contributed by atoms with Crippen LogP contribution in [0.15, 0.2) is 0 Å². The van der Waals surface area contributed by atoms with E-state index >= 15 is 0 Å². The van der Waals surface area contributed by atoms with E-state index in [1.807, 2.05) is 4.90 Å². The zero-order chi connectivity index (χ0) is 11.1. The lowest BCUT2D eigenvalue weighted by molar-refractivity contribution is -0.137. The minimum absolute atomic E-state index is 0.0868. The van der Waals surface area contributed by atoms with E-state index < -0.39 is 5.41 Å². The summed E-state index contributed by atoms with van der Waals surface area (Å²) in [7, 11) is 0. The van der Waals surface area contributed by atoms with Crippen LogP contribution in [-0.2, 0) is 4.79 Å². The second-order valence-electron chi connectivity index (χ2n) is 5.19. The Morgan fingerprint density at radius 3 is 2.53 bits per heavy atom. The summed E-state index contributed by atoms with van der Waals surface area (Å²) in [6.45, 7) is 6.11. The molecule has 0 spiro atoms. The zero-order valence-electron chi connectivity index (χ0n) is 9.49. The smallest absolute Gasteiger partial charge is 0.243 e. The average Bonchev–Trinajstić information content (AvgIpc) is 3.02. The largest absolute Gasteiger partial charge is 0.341 e. The second kappa shape index (κ2) is 3.52. The third-order valence-electron chi connectivity index (χ3n) is 3.99. The molecule has 1 amide bonds. The standard InChI is InChI=1S/C12H18N2O/c1-9-3-6-14(7-10(9)2)11(15)12(8-13)4-5-12/h9-10H,3-7H2,1-2H3. The first-order valence-electron chi connectivity index (χ1n) is 5.80. The quantitative estimate of drug-likeness (QED) is 0.656. The third kappa shape index (κ3) is 1.73. The van der Waals surface area contributed by atoms with E-state index in [4.69, 9.17) is 5.26 Å². The molecule has 2 atom stereocenters. The molecule has 82 valence electrons. The van der Waals surface area contributed by atoms with Gasteiger partial charge in [-0.25, -0.2) is 0 Å². The highest BCUT2D eigenvalue weighted by molar-refractivity contribution is 5.88. The van der Waals surface area contributed by atoms with Crippen LogP contribution < -0.4 is 0 Å². The third-order valence-corrected chi connectivity index (χ3v) is 3.99. The zero-order valence-corrected chi connectivity index (χ0v) is 9.49. The summed E-state index contributed by atoms with van der Waals surface area (Å²) in [5.41, 5.74) is -0.625. The van der Waals surface area contributed by atoms with Crippen LogP contribution in [0.3, 0.4) is 0 Å². The fourth-order valence-electron chi connectivity index (χ4n) is 2.25. The first-order valence-corrected chi connectivity index (χ1v) is 5.80. The number of likely N-dealkylation sites (tertiary alicyclic amines) is 1. The van der Waals surface area contributed by atoms with E-state index in [-0.39, 0.29) is 5.91 Å². The average molecular weight is 206 g/mol. The topological polar surface area (TPSA) is 44.1 Å². The van der Waals surface area contributed by atoms with E-state index in [2.05, 4.69) is 19.9 Å². The molecule has 1 saturated heterocycles. The lowest BCUT2D eigenvalue weighted by Gasteiger charge is -2.36. The number of hydrogen-bond acceptors (Lipinski definition) is 2. The summed E-state index contributed by atoms with van der Waals surface area (Å²) < 4.78 is 0. The first kappa shape index (κ1) is 10.5. The van der Waals surface area contributed by atoms with E-state index in [9.17, 15) is 4.79 Å². The fourth-order valence-corrected chi connectivity index (χ4v) is 2.25. The van der Waals surface area contributed by atoms with Gasteiger partial charge in [-0.2, -0.15) is 5.26 Å². The van der Waals surface area contributed by atoms with Crippen molar-refractivity contribution in [3.05, 3.63) is 0 Å². The summed E-state index contributed by atoms with van der Waals surface area (Å²) >= 11 is 0. The molecule has 1 aliphatic carbocycles. The Morgan fingerprint density at radius 2 is 2.07 bits per heavy atom. The highest BCUT2D eigenvalue weighted by Crippen LogP contribution is 2.47. The molecule has 2 aliphatic rings. The molecule has 0 aromatic carbocycles. The van der Waals surface area contributed by atoms with Crippen molar-refractivity contribution in [2.45, 2.75) is 33.1 Å². The molecule has 0 aromatic rings. The Morgan fingerprint density at radius 1 is 1.40 bits per heavy atom. The highest BCUT2D eigenvalue weighted by Gasteiger charge is 2.53. The van der Waals surface area contributed by atoms with Gasteiger partial charge in [-0.15, -0.1) is 0 Å². The summed E-state index contributed by atoms with van der Waals surface area (Å²) in [6.07, 6.45) is 2.61. The molecule has 2 rings (SSSR count). The molecule has 15 heavy (non-hydrogen) atoms. The molecule has 1 aliphatic heterocycles. The Labute approximate surface area is 91.1 Å². The monoisotopic (exact) mass is 206 g/mol. The number of piperidine rings is 1. The van der Waals surface area contributed by atoms with E-state index in [0.717, 1.165) is 32.4 Å². The number of hydrogen-bond donors (Lipinski definition) is 0. The van der Waals surface area contributed by atoms with Crippen molar-refractivity contribution in [1.29, 1.82) is 5.26 Å². The van der Waals surface area contributed by atoms with Crippen LogP contribution in [0, 0.1) is 28.6 Å². The van der Waals surface area contributed by atoms with Crippen molar-refractivity contribution in [2.24, 2.45) is 17.3 Å². The molecule has 0 bridgehead atoms. The molecule has 0 N–H and O–H groups in total. The van der Waals surface area contributed by atoms with Gasteiger partial charge in [-0.3, -0.25) is 4.79 Å². The van der Waals surface area contributed by atoms with Crippen LogP contribution in [0.25, 0.3) is 0 Å². The van der Waals surface area contributed by atoms with Gasteiger partial charge in [0.25, 0.3) is 0 Å². The number of carbonyl (C=O) groups is 1. The Balaban J connectivity index is 2.01. The maximum absolute atomic E-state index is 12.1. The molecule has 0 radical (unpaired) electrons. The summed E-state index contributed by atoms with van der Waals surface area (Å²) in [4.78, 5) is 14.0. The van der Waals surface area contributed by atoms with Crippen LogP contribution in [0.4, 0.5) is 0 Å². The van der Waals surface area contributed by atoms with Crippen LogP contribution >= 0.6 is 0 Å². The number of carbonyl (C=O) groups excluding carboxylic acids is 1. The van der Waals surface area contributed by atoms with Crippen molar-refractivity contribution in [3.8, 4) is 6.07 Å². The van der Waals surface area contributed by atoms with Crippen LogP contribution in [0.2, 0.25) is 0 Å². The second-order valence-corrected chi connectivity index (χ2v) is 5.19. The molecule has 0 aromatic heterocycles. The van der Waals surface area contributed by atoms with Gasteiger partial charge in [-0.05, 0) is 31.1 Å². The van der Waals surface area contributed by atoms with Crippen LogP contribution in [0.5, 0.6) is 0 Å². The summed E-state index contributed by atoms with van der Waals surface area (Å²) in [5.74, 6) is 1.35. The molecule has 3 heteroatoms. The Hall–Kier alpha value is -1.04. The van der Waals surface area contributed by atoms with Gasteiger partial charge in [0.2, 0.25) is 5.91 Å². The Bertz CT molecular complexity index is 314. The summed E-state index contributed by atoms with van der Waals surface area (Å²) in [5, 5.41) is 8.98. The maximum atomic E-state index is 12.1. The number of nitriles is 1. The van der Waals surface area contributed by atoms with Crippen molar-refractivity contribution < 1.29 is 4.79 Å². The normalized spacial score (nSPS) is 33.3. The van der Waals surface area contributed by atoms with Gasteiger partial charge in [0.1, 0.15) is 5.41 Å². The number of nitrogens with zero attached hydrogens (tertiary/aromatic N) is 2. The van der Waals surface area contributed by atoms with E-state index in [0.29, 0.717) is 11.8 Å². The number of rotatable bonds is 1. The van der Waals surface area contributed by atoms with E-state index in [1.165, 1.54) is 0 Å². The Kier molecular flexibility index (Phi) is 2.46. The van der Waals surface area contributed by atoms with Crippen molar-refractivity contribution in [2.75, 3.05) is 13.1 Å². The summed E-state index contributed by atoms with van der Waals surface area (Å²) in [6, 6.07) is 2.18. The maximum Gasteiger partial charge on any atom is 0.243 e. The number of amides is 1. The molecule has 1 saturated carbocycles. The van der Waals surface area contributed by atoms with Crippen LogP contribution in [0.1, 0.15) is 33.1 Å². The lowest BCUT2D eigenvalue weighted by Crippen LogP contribution is -2.45. The molecule has 1 heterocycles. The predicted molar refractivity (Wildman–Crippen MR) is 56.8 cm³/mol. The van der Waals surface area contributed by atoms with Gasteiger partial charge in [0, 0.05) is 13.1 Å². The van der Waals surface area contributed by atoms with Gasteiger partial charge in [0.15, 0.2) is 0 Å². The molecule has 2 fully saturated rings. The van der Waals surface area contributed by atoms with Gasteiger partial charge in [0.05, 0.1) is 6.07 Å². The van der Waals surface area contributed by atoms with E-state index in [1.54, 1.807) is 0 Å². The van der Waals surface area contributed by atoms with Crippen molar-refractivity contribution in [1.82, 2.24) is 4.90 Å². The SMILES string of the molecule is CC1CCN(C(=O)C2(C#N)CC2)CC1C. The molecular weight excluding hydrogens is 188 g/mol. The van der Waals surface area contributed by atoms with Gasteiger partial charge >= 0.3 is 0 Å². The van der Waals surface area contributed by atoms with Crippen LogP contribution in [-0.4, -0.2) is 23.9 Å². The molecule has 2 unspecified atom stereocenters. The first-order chi connectivity index (χ1) is 7.09. The lowest BCUT2D eigenvalue weighted by atomic mass is 9.88. The van der Waals surface area contributed by atoms with Crippen molar-refractivity contribution >= 4 is 5.91 Å². The van der Waals surface area contributed by atoms with Gasteiger partial charge < -0.3 is 4.90 Å². The molecule has 3 nitrogen and oxygen atoms in total. The predicted octanol–water partition coefficient (Wildman–Crippen LogP) is 1.79. The van der Waals surface area contributed by atoms with Gasteiger partial charge in [-0.1, -0.05) is 13.8 Å².